The highest BCUT2D eigenvalue weighted by Crippen LogP contribution is 2.24. The molecular formula is C15H16N2O3S. The van der Waals surface area contributed by atoms with E-state index in [0.717, 1.165) is 10.6 Å². The summed E-state index contributed by atoms with van der Waals surface area (Å²) in [7, 11) is 1.59. The smallest absolute Gasteiger partial charge is 0.312 e. The van der Waals surface area contributed by atoms with Crippen LogP contribution in [0.15, 0.2) is 41.7 Å². The second kappa shape index (κ2) is 7.08. The number of methoxy groups -OCH3 is 1. The number of aromatic nitrogens is 2. The number of hydrogen-bond acceptors (Lipinski definition) is 5. The number of carboxylic acids is 1. The van der Waals surface area contributed by atoms with Gasteiger partial charge in [0.25, 0.3) is 0 Å². The van der Waals surface area contributed by atoms with Gasteiger partial charge in [0.05, 0.1) is 17.8 Å². The van der Waals surface area contributed by atoms with Crippen LogP contribution >= 0.6 is 11.8 Å². The van der Waals surface area contributed by atoms with Crippen molar-refractivity contribution in [1.82, 2.24) is 9.97 Å². The largest absolute Gasteiger partial charge is 0.497 e. The molecule has 1 unspecified atom stereocenters. The van der Waals surface area contributed by atoms with Crippen LogP contribution in [0.5, 0.6) is 5.75 Å². The van der Waals surface area contributed by atoms with Crippen LogP contribution in [0, 0.1) is 0 Å². The number of thioether (sulfide) groups is 1. The molecule has 0 amide bonds. The summed E-state index contributed by atoms with van der Waals surface area (Å²) in [4.78, 5) is 19.7. The Morgan fingerprint density at radius 2 is 2.19 bits per heavy atom. The van der Waals surface area contributed by atoms with E-state index in [2.05, 4.69) is 9.97 Å². The number of nitrogens with zero attached hydrogens (tertiary/aromatic N) is 2. The second-order valence-electron chi connectivity index (χ2n) is 4.43. The summed E-state index contributed by atoms with van der Waals surface area (Å²) in [6.45, 7) is 0. The zero-order valence-corrected chi connectivity index (χ0v) is 12.6. The third kappa shape index (κ3) is 3.95. The maximum absolute atomic E-state index is 11.6. The van der Waals surface area contributed by atoms with Crippen molar-refractivity contribution < 1.29 is 14.6 Å². The quantitative estimate of drug-likeness (QED) is 0.653. The molecule has 2 aromatic rings. The van der Waals surface area contributed by atoms with Gasteiger partial charge in [-0.1, -0.05) is 12.1 Å². The first-order chi connectivity index (χ1) is 10.1. The fourth-order valence-electron chi connectivity index (χ4n) is 2.01. The molecule has 0 radical (unpaired) electrons. The van der Waals surface area contributed by atoms with Crippen molar-refractivity contribution in [2.24, 2.45) is 0 Å². The Labute approximate surface area is 127 Å². The fraction of sp³-hybridized carbons (Fsp3) is 0.267. The minimum atomic E-state index is -0.899. The monoisotopic (exact) mass is 304 g/mol. The maximum Gasteiger partial charge on any atom is 0.312 e. The Hall–Kier alpha value is -2.08. The molecule has 0 saturated carbocycles. The lowest BCUT2D eigenvalue weighted by Crippen LogP contribution is -2.16. The zero-order valence-electron chi connectivity index (χ0n) is 11.8. The van der Waals surface area contributed by atoms with Gasteiger partial charge < -0.3 is 9.84 Å². The van der Waals surface area contributed by atoms with Crippen LogP contribution in [0.1, 0.15) is 17.2 Å². The number of carbonyl (C=O) groups is 1. The van der Waals surface area contributed by atoms with Gasteiger partial charge in [-0.2, -0.15) is 0 Å². The molecule has 6 heteroatoms. The number of ether oxygens (including phenoxy) is 1. The molecule has 110 valence electrons. The van der Waals surface area contributed by atoms with Crippen molar-refractivity contribution in [3.63, 3.8) is 0 Å². The van der Waals surface area contributed by atoms with Crippen molar-refractivity contribution in [3.8, 4) is 5.75 Å². The van der Waals surface area contributed by atoms with Gasteiger partial charge >= 0.3 is 5.97 Å². The van der Waals surface area contributed by atoms with Crippen molar-refractivity contribution in [2.75, 3.05) is 13.4 Å². The lowest BCUT2D eigenvalue weighted by atomic mass is 9.96. The molecule has 1 aromatic heterocycles. The Bertz CT molecular complexity index is 634. The van der Waals surface area contributed by atoms with E-state index < -0.39 is 11.9 Å². The molecule has 0 spiro atoms. The SMILES string of the molecule is COc1cccc(CC(C(=O)O)c2cc(SC)ncn2)c1. The van der Waals surface area contributed by atoms with Crippen LogP contribution in [0.4, 0.5) is 0 Å². The summed E-state index contributed by atoms with van der Waals surface area (Å²) in [5.74, 6) is -0.890. The number of hydrogen-bond donors (Lipinski definition) is 1. The van der Waals surface area contributed by atoms with Crippen molar-refractivity contribution >= 4 is 17.7 Å². The van der Waals surface area contributed by atoms with Gasteiger partial charge in [0.15, 0.2) is 0 Å². The number of rotatable bonds is 6. The van der Waals surface area contributed by atoms with Gasteiger partial charge in [-0.3, -0.25) is 4.79 Å². The third-order valence-corrected chi connectivity index (χ3v) is 3.74. The van der Waals surface area contributed by atoms with E-state index >= 15 is 0 Å². The van der Waals surface area contributed by atoms with E-state index in [1.165, 1.54) is 18.1 Å². The fourth-order valence-corrected chi connectivity index (χ4v) is 2.40. The summed E-state index contributed by atoms with van der Waals surface area (Å²) in [6, 6.07) is 9.13. The van der Waals surface area contributed by atoms with Crippen molar-refractivity contribution in [3.05, 3.63) is 47.9 Å². The molecule has 0 bridgehead atoms. The van der Waals surface area contributed by atoms with Crippen LogP contribution in [0.2, 0.25) is 0 Å². The molecule has 0 fully saturated rings. The van der Waals surface area contributed by atoms with E-state index in [1.54, 1.807) is 13.2 Å². The molecule has 0 aliphatic carbocycles. The summed E-state index contributed by atoms with van der Waals surface area (Å²) in [6.07, 6.45) is 3.66. The topological polar surface area (TPSA) is 72.3 Å². The predicted octanol–water partition coefficient (Wildman–Crippen LogP) is 2.62. The van der Waals surface area contributed by atoms with Crippen LogP contribution in [0.3, 0.4) is 0 Å². The third-order valence-electron chi connectivity index (χ3n) is 3.10. The lowest BCUT2D eigenvalue weighted by Gasteiger charge is -2.13. The Morgan fingerprint density at radius 1 is 1.38 bits per heavy atom. The first kappa shape index (κ1) is 15.3. The van der Waals surface area contributed by atoms with Crippen LogP contribution < -0.4 is 4.74 Å². The van der Waals surface area contributed by atoms with Gasteiger partial charge in [-0.05, 0) is 36.4 Å². The number of aliphatic carboxylic acids is 1. The van der Waals surface area contributed by atoms with Gasteiger partial charge in [-0.25, -0.2) is 9.97 Å². The molecule has 1 aromatic carbocycles. The highest BCUT2D eigenvalue weighted by Gasteiger charge is 2.22. The van der Waals surface area contributed by atoms with E-state index in [9.17, 15) is 9.90 Å². The predicted molar refractivity (Wildman–Crippen MR) is 80.9 cm³/mol. The molecule has 0 aliphatic rings. The minimum absolute atomic E-state index is 0.358. The van der Waals surface area contributed by atoms with E-state index in [0.29, 0.717) is 17.9 Å². The molecular weight excluding hydrogens is 288 g/mol. The summed E-state index contributed by atoms with van der Waals surface area (Å²) >= 11 is 1.46. The number of carboxylic acid groups (broad SMARTS) is 1. The zero-order chi connectivity index (χ0) is 15.2. The molecule has 0 aliphatic heterocycles. The summed E-state index contributed by atoms with van der Waals surface area (Å²) in [5.41, 5.74) is 1.41. The van der Waals surface area contributed by atoms with Gasteiger partial charge in [0, 0.05) is 0 Å². The minimum Gasteiger partial charge on any atom is -0.497 e. The highest BCUT2D eigenvalue weighted by atomic mass is 32.2. The molecule has 5 nitrogen and oxygen atoms in total. The van der Waals surface area contributed by atoms with E-state index in [-0.39, 0.29) is 0 Å². The summed E-state index contributed by atoms with van der Waals surface area (Å²) in [5, 5.41) is 10.2. The molecule has 0 saturated heterocycles. The van der Waals surface area contributed by atoms with E-state index in [4.69, 9.17) is 4.74 Å². The Kier molecular flexibility index (Phi) is 5.16. The van der Waals surface area contributed by atoms with Crippen molar-refractivity contribution in [1.29, 1.82) is 0 Å². The molecule has 1 N–H and O–H groups in total. The van der Waals surface area contributed by atoms with Gasteiger partial charge in [0.2, 0.25) is 0 Å². The molecule has 1 atom stereocenters. The molecule has 21 heavy (non-hydrogen) atoms. The average molecular weight is 304 g/mol. The Balaban J connectivity index is 2.28. The maximum atomic E-state index is 11.6. The highest BCUT2D eigenvalue weighted by molar-refractivity contribution is 7.98. The van der Waals surface area contributed by atoms with Crippen LogP contribution in [-0.4, -0.2) is 34.4 Å². The number of benzene rings is 1. The molecule has 2 rings (SSSR count). The van der Waals surface area contributed by atoms with E-state index in [1.807, 2.05) is 30.5 Å². The summed E-state index contributed by atoms with van der Waals surface area (Å²) < 4.78 is 5.16. The van der Waals surface area contributed by atoms with Crippen LogP contribution in [0.25, 0.3) is 0 Å². The standard InChI is InChI=1S/C15H16N2O3S/c1-20-11-5-3-4-10(6-11)7-12(15(18)19)13-8-14(21-2)17-9-16-13/h3-6,8-9,12H,7H2,1-2H3,(H,18,19). The first-order valence-electron chi connectivity index (χ1n) is 6.35. The van der Waals surface area contributed by atoms with Crippen molar-refractivity contribution in [2.45, 2.75) is 17.4 Å². The normalized spacial score (nSPS) is 11.9. The van der Waals surface area contributed by atoms with Crippen LogP contribution in [-0.2, 0) is 11.2 Å². The first-order valence-corrected chi connectivity index (χ1v) is 7.58. The van der Waals surface area contributed by atoms with Gasteiger partial charge in [0.1, 0.15) is 18.0 Å². The van der Waals surface area contributed by atoms with Gasteiger partial charge in [-0.15, -0.1) is 11.8 Å². The molecule has 1 heterocycles. The average Bonchev–Trinajstić information content (AvgIpc) is 2.52. The Morgan fingerprint density at radius 3 is 2.86 bits per heavy atom. The lowest BCUT2D eigenvalue weighted by molar-refractivity contribution is -0.138. The second-order valence-corrected chi connectivity index (χ2v) is 5.26.